The Bertz CT molecular complexity index is 176. The van der Waals surface area contributed by atoms with E-state index >= 15 is 0 Å². The van der Waals surface area contributed by atoms with Crippen LogP contribution in [0, 0.1) is 0 Å². The minimum absolute atomic E-state index is 0.635. The Balaban J connectivity index is 2.42. The highest BCUT2D eigenvalue weighted by atomic mass is 32.2. The van der Waals surface area contributed by atoms with Crippen molar-refractivity contribution in [2.75, 3.05) is 23.8 Å². The van der Waals surface area contributed by atoms with Crippen molar-refractivity contribution in [3.05, 3.63) is 12.2 Å². The number of rotatable bonds is 5. The highest BCUT2D eigenvalue weighted by Gasteiger charge is 2.23. The first-order valence-electron chi connectivity index (χ1n) is 5.31. The lowest BCUT2D eigenvalue weighted by Gasteiger charge is -2.30. The summed E-state index contributed by atoms with van der Waals surface area (Å²) in [6.07, 6.45) is 1.13. The molecule has 1 aliphatic rings. The molecule has 14 heavy (non-hydrogen) atoms. The Kier molecular flexibility index (Phi) is 6.06. The molecule has 0 radical (unpaired) electrons. The van der Waals surface area contributed by atoms with Crippen molar-refractivity contribution in [3.8, 4) is 0 Å². The van der Waals surface area contributed by atoms with Gasteiger partial charge < -0.3 is 5.32 Å². The minimum atomic E-state index is 0.635. The SMILES string of the molecule is C=C(C)CC(NCC)C1CSCCS1. The summed E-state index contributed by atoms with van der Waals surface area (Å²) in [5.41, 5.74) is 1.30. The molecule has 1 saturated heterocycles. The van der Waals surface area contributed by atoms with E-state index < -0.39 is 0 Å². The number of thioether (sulfide) groups is 2. The molecule has 1 aliphatic heterocycles. The van der Waals surface area contributed by atoms with Crippen molar-refractivity contribution in [1.29, 1.82) is 0 Å². The van der Waals surface area contributed by atoms with Gasteiger partial charge in [0.15, 0.2) is 0 Å². The molecule has 2 atom stereocenters. The van der Waals surface area contributed by atoms with Crippen molar-refractivity contribution >= 4 is 23.5 Å². The molecule has 0 aromatic heterocycles. The van der Waals surface area contributed by atoms with E-state index in [2.05, 4.69) is 49.3 Å². The zero-order valence-electron chi connectivity index (χ0n) is 9.21. The van der Waals surface area contributed by atoms with E-state index in [9.17, 15) is 0 Å². The summed E-state index contributed by atoms with van der Waals surface area (Å²) in [6, 6.07) is 0.635. The summed E-state index contributed by atoms with van der Waals surface area (Å²) in [7, 11) is 0. The van der Waals surface area contributed by atoms with Crippen LogP contribution in [-0.4, -0.2) is 35.1 Å². The lowest BCUT2D eigenvalue weighted by Crippen LogP contribution is -2.41. The average Bonchev–Trinajstić information content (AvgIpc) is 2.18. The predicted molar refractivity (Wildman–Crippen MR) is 70.5 cm³/mol. The first-order valence-corrected chi connectivity index (χ1v) is 7.51. The number of hydrogen-bond donors (Lipinski definition) is 1. The Labute approximate surface area is 96.5 Å². The third-order valence-corrected chi connectivity index (χ3v) is 5.25. The lowest BCUT2D eigenvalue weighted by molar-refractivity contribution is 0.521. The third kappa shape index (κ3) is 4.28. The Hall–Kier alpha value is 0.400. The normalized spacial score (nSPS) is 24.6. The fraction of sp³-hybridized carbons (Fsp3) is 0.818. The molecule has 0 bridgehead atoms. The van der Waals surface area contributed by atoms with Crippen LogP contribution in [0.1, 0.15) is 20.3 Å². The van der Waals surface area contributed by atoms with E-state index in [1.165, 1.54) is 22.8 Å². The summed E-state index contributed by atoms with van der Waals surface area (Å²) in [4.78, 5) is 0. The van der Waals surface area contributed by atoms with Gasteiger partial charge in [0.2, 0.25) is 0 Å². The maximum absolute atomic E-state index is 4.02. The summed E-state index contributed by atoms with van der Waals surface area (Å²) in [5, 5.41) is 4.37. The van der Waals surface area contributed by atoms with Gasteiger partial charge in [-0.3, -0.25) is 0 Å². The van der Waals surface area contributed by atoms with Crippen molar-refractivity contribution in [3.63, 3.8) is 0 Å². The molecule has 1 heterocycles. The molecule has 3 heteroatoms. The molecule has 0 aromatic carbocycles. The summed E-state index contributed by atoms with van der Waals surface area (Å²) in [5.74, 6) is 3.94. The number of nitrogens with one attached hydrogen (secondary N) is 1. The minimum Gasteiger partial charge on any atom is -0.313 e. The van der Waals surface area contributed by atoms with Gasteiger partial charge in [0.1, 0.15) is 0 Å². The van der Waals surface area contributed by atoms with E-state index in [1.807, 2.05) is 0 Å². The predicted octanol–water partition coefficient (Wildman–Crippen LogP) is 2.78. The molecule has 1 nitrogen and oxygen atoms in total. The molecule has 0 amide bonds. The van der Waals surface area contributed by atoms with Crippen LogP contribution in [0.4, 0.5) is 0 Å². The van der Waals surface area contributed by atoms with Crippen molar-refractivity contribution in [2.45, 2.75) is 31.6 Å². The van der Waals surface area contributed by atoms with E-state index in [-0.39, 0.29) is 0 Å². The van der Waals surface area contributed by atoms with Crippen LogP contribution in [0.5, 0.6) is 0 Å². The van der Waals surface area contributed by atoms with Crippen molar-refractivity contribution < 1.29 is 0 Å². The van der Waals surface area contributed by atoms with Crippen LogP contribution in [0.3, 0.4) is 0 Å². The Morgan fingerprint density at radius 3 is 2.86 bits per heavy atom. The molecule has 0 spiro atoms. The van der Waals surface area contributed by atoms with Gasteiger partial charge in [-0.05, 0) is 19.9 Å². The lowest BCUT2D eigenvalue weighted by atomic mass is 10.1. The van der Waals surface area contributed by atoms with Crippen LogP contribution in [0.2, 0.25) is 0 Å². The van der Waals surface area contributed by atoms with Gasteiger partial charge in [-0.15, -0.1) is 6.58 Å². The van der Waals surface area contributed by atoms with Gasteiger partial charge in [0.25, 0.3) is 0 Å². The maximum Gasteiger partial charge on any atom is 0.0295 e. The summed E-state index contributed by atoms with van der Waals surface area (Å²) < 4.78 is 0. The van der Waals surface area contributed by atoms with Gasteiger partial charge in [-0.1, -0.05) is 12.5 Å². The summed E-state index contributed by atoms with van der Waals surface area (Å²) in [6.45, 7) is 9.40. The van der Waals surface area contributed by atoms with E-state index in [0.29, 0.717) is 6.04 Å². The highest BCUT2D eigenvalue weighted by Crippen LogP contribution is 2.28. The van der Waals surface area contributed by atoms with Crippen LogP contribution < -0.4 is 5.32 Å². The number of hydrogen-bond acceptors (Lipinski definition) is 3. The van der Waals surface area contributed by atoms with Crippen LogP contribution in [0.15, 0.2) is 12.2 Å². The first kappa shape index (κ1) is 12.5. The topological polar surface area (TPSA) is 12.0 Å². The quantitative estimate of drug-likeness (QED) is 0.731. The zero-order valence-corrected chi connectivity index (χ0v) is 10.8. The molecule has 2 unspecified atom stereocenters. The standard InChI is InChI=1S/C11H21NS2/c1-4-12-10(7-9(2)3)11-8-13-5-6-14-11/h10-12H,2,4-8H2,1,3H3. The highest BCUT2D eigenvalue weighted by molar-refractivity contribution is 8.06. The van der Waals surface area contributed by atoms with Crippen LogP contribution >= 0.6 is 23.5 Å². The average molecular weight is 231 g/mol. The fourth-order valence-corrected chi connectivity index (χ4v) is 4.60. The molecule has 1 rings (SSSR count). The van der Waals surface area contributed by atoms with Crippen molar-refractivity contribution in [2.24, 2.45) is 0 Å². The Morgan fingerprint density at radius 2 is 2.36 bits per heavy atom. The molecule has 0 aliphatic carbocycles. The van der Waals surface area contributed by atoms with E-state index in [4.69, 9.17) is 0 Å². The maximum atomic E-state index is 4.02. The van der Waals surface area contributed by atoms with Crippen LogP contribution in [0.25, 0.3) is 0 Å². The van der Waals surface area contributed by atoms with Gasteiger partial charge >= 0.3 is 0 Å². The molecule has 1 fully saturated rings. The monoisotopic (exact) mass is 231 g/mol. The van der Waals surface area contributed by atoms with Gasteiger partial charge in [0.05, 0.1) is 0 Å². The van der Waals surface area contributed by atoms with Crippen molar-refractivity contribution in [1.82, 2.24) is 5.32 Å². The van der Waals surface area contributed by atoms with E-state index in [1.54, 1.807) is 0 Å². The first-order chi connectivity index (χ1) is 6.74. The Morgan fingerprint density at radius 1 is 1.57 bits per heavy atom. The van der Waals surface area contributed by atoms with Gasteiger partial charge in [-0.25, -0.2) is 0 Å². The molecular formula is C11H21NS2. The fourth-order valence-electron chi connectivity index (χ4n) is 1.71. The smallest absolute Gasteiger partial charge is 0.0295 e. The molecule has 82 valence electrons. The summed E-state index contributed by atoms with van der Waals surface area (Å²) >= 11 is 4.22. The van der Waals surface area contributed by atoms with Gasteiger partial charge in [-0.2, -0.15) is 23.5 Å². The largest absolute Gasteiger partial charge is 0.313 e. The van der Waals surface area contributed by atoms with Gasteiger partial charge in [0, 0.05) is 28.6 Å². The molecular weight excluding hydrogens is 210 g/mol. The third-order valence-electron chi connectivity index (χ3n) is 2.33. The van der Waals surface area contributed by atoms with Crippen LogP contribution in [-0.2, 0) is 0 Å². The molecule has 0 saturated carbocycles. The zero-order chi connectivity index (χ0) is 10.4. The molecule has 0 aromatic rings. The second-order valence-electron chi connectivity index (χ2n) is 3.81. The second kappa shape index (κ2) is 6.81. The van der Waals surface area contributed by atoms with E-state index in [0.717, 1.165) is 18.2 Å². The molecule has 1 N–H and O–H groups in total. The second-order valence-corrected chi connectivity index (χ2v) is 6.31.